The van der Waals surface area contributed by atoms with Crippen molar-refractivity contribution in [2.24, 2.45) is 0 Å². The molecule has 2 aromatic rings. The van der Waals surface area contributed by atoms with Crippen LogP contribution in [0.25, 0.3) is 11.1 Å². The Bertz CT molecular complexity index is 719. The number of hydroxylamine groups is 2. The fourth-order valence-electron chi connectivity index (χ4n) is 2.76. The lowest BCUT2D eigenvalue weighted by molar-refractivity contribution is -0.0633. The van der Waals surface area contributed by atoms with E-state index in [0.29, 0.717) is 6.54 Å². The molecule has 1 atom stereocenters. The standard InChI is InChI=1S/C17H18ClN3O/c1-17(11-21(22-2)16(19)20-17)14-7-3-5-12(9-14)13-6-4-8-15(18)10-13/h3-10H,11H2,1-2H3,(H2,19,20). The molecule has 1 saturated heterocycles. The molecule has 1 aliphatic rings. The fourth-order valence-corrected chi connectivity index (χ4v) is 2.95. The summed E-state index contributed by atoms with van der Waals surface area (Å²) in [6, 6.07) is 16.1. The van der Waals surface area contributed by atoms with Crippen molar-refractivity contribution < 1.29 is 4.84 Å². The van der Waals surface area contributed by atoms with Gasteiger partial charge < -0.3 is 5.32 Å². The Labute approximate surface area is 135 Å². The molecule has 1 unspecified atom stereocenters. The number of nitrogens with one attached hydrogen (secondary N) is 2. The molecule has 5 heteroatoms. The van der Waals surface area contributed by atoms with Gasteiger partial charge in [-0.25, -0.2) is 5.06 Å². The van der Waals surface area contributed by atoms with Gasteiger partial charge in [-0.2, -0.15) is 0 Å². The van der Waals surface area contributed by atoms with Crippen molar-refractivity contribution in [2.75, 3.05) is 13.7 Å². The third-order valence-electron chi connectivity index (χ3n) is 3.98. The maximum Gasteiger partial charge on any atom is 0.216 e. The van der Waals surface area contributed by atoms with E-state index in [1.54, 1.807) is 12.2 Å². The van der Waals surface area contributed by atoms with E-state index in [9.17, 15) is 0 Å². The first-order chi connectivity index (χ1) is 10.5. The molecule has 1 heterocycles. The zero-order chi connectivity index (χ0) is 15.7. The van der Waals surface area contributed by atoms with Crippen molar-refractivity contribution in [1.29, 1.82) is 5.41 Å². The summed E-state index contributed by atoms with van der Waals surface area (Å²) in [6.45, 7) is 2.65. The number of guanidine groups is 1. The second-order valence-electron chi connectivity index (χ2n) is 5.62. The quantitative estimate of drug-likeness (QED) is 0.909. The lowest BCUT2D eigenvalue weighted by atomic mass is 9.90. The molecule has 1 fully saturated rings. The Morgan fingerprint density at radius 3 is 2.50 bits per heavy atom. The Kier molecular flexibility index (Phi) is 3.81. The highest BCUT2D eigenvalue weighted by Gasteiger charge is 2.38. The minimum Gasteiger partial charge on any atom is -0.344 e. The number of halogens is 1. The molecule has 0 aliphatic carbocycles. The van der Waals surface area contributed by atoms with Crippen molar-refractivity contribution in [1.82, 2.24) is 10.4 Å². The summed E-state index contributed by atoms with van der Waals surface area (Å²) in [7, 11) is 1.57. The SMILES string of the molecule is CON1CC(C)(c2cccc(-c3cccc(Cl)c3)c2)NC1=N. The van der Waals surface area contributed by atoms with Gasteiger partial charge >= 0.3 is 0 Å². The monoisotopic (exact) mass is 315 g/mol. The second-order valence-corrected chi connectivity index (χ2v) is 6.05. The molecule has 2 N–H and O–H groups in total. The van der Waals surface area contributed by atoms with E-state index in [4.69, 9.17) is 21.8 Å². The summed E-state index contributed by atoms with van der Waals surface area (Å²) >= 11 is 6.08. The zero-order valence-corrected chi connectivity index (χ0v) is 13.3. The van der Waals surface area contributed by atoms with Gasteiger partial charge in [0.25, 0.3) is 0 Å². The molecule has 2 aromatic carbocycles. The predicted octanol–water partition coefficient (Wildman–Crippen LogP) is 3.62. The van der Waals surface area contributed by atoms with Crippen molar-refractivity contribution in [3.8, 4) is 11.1 Å². The third-order valence-corrected chi connectivity index (χ3v) is 4.22. The average Bonchev–Trinajstić information content (AvgIpc) is 2.83. The Morgan fingerprint density at radius 2 is 1.86 bits per heavy atom. The number of rotatable bonds is 3. The van der Waals surface area contributed by atoms with E-state index in [0.717, 1.165) is 21.7 Å². The largest absolute Gasteiger partial charge is 0.344 e. The first kappa shape index (κ1) is 14.9. The van der Waals surface area contributed by atoms with Gasteiger partial charge in [-0.3, -0.25) is 10.2 Å². The molecular formula is C17H18ClN3O. The van der Waals surface area contributed by atoms with E-state index in [1.165, 1.54) is 0 Å². The molecule has 0 spiro atoms. The van der Waals surface area contributed by atoms with Crippen molar-refractivity contribution >= 4 is 17.6 Å². The lowest BCUT2D eigenvalue weighted by Crippen LogP contribution is -2.37. The minimum atomic E-state index is -0.359. The topological polar surface area (TPSA) is 48.4 Å². The molecule has 0 bridgehead atoms. The summed E-state index contributed by atoms with van der Waals surface area (Å²) in [5, 5.41) is 13.4. The van der Waals surface area contributed by atoms with Crippen LogP contribution in [0, 0.1) is 5.41 Å². The Hall–Kier alpha value is -2.04. The minimum absolute atomic E-state index is 0.276. The van der Waals surface area contributed by atoms with Crippen LogP contribution in [-0.4, -0.2) is 24.7 Å². The first-order valence-electron chi connectivity index (χ1n) is 7.07. The number of hydrogen-bond donors (Lipinski definition) is 2. The van der Waals surface area contributed by atoms with Crippen LogP contribution in [0.3, 0.4) is 0 Å². The average molecular weight is 316 g/mol. The fraction of sp³-hybridized carbons (Fsp3) is 0.235. The predicted molar refractivity (Wildman–Crippen MR) is 88.8 cm³/mol. The van der Waals surface area contributed by atoms with E-state index >= 15 is 0 Å². The van der Waals surface area contributed by atoms with Crippen LogP contribution in [0.2, 0.25) is 5.02 Å². The maximum atomic E-state index is 7.93. The normalized spacial score (nSPS) is 21.0. The Balaban J connectivity index is 1.97. The second kappa shape index (κ2) is 5.63. The van der Waals surface area contributed by atoms with Crippen molar-refractivity contribution in [2.45, 2.75) is 12.5 Å². The van der Waals surface area contributed by atoms with E-state index in [1.807, 2.05) is 30.3 Å². The Morgan fingerprint density at radius 1 is 1.18 bits per heavy atom. The van der Waals surface area contributed by atoms with Gasteiger partial charge in [0.15, 0.2) is 0 Å². The molecule has 3 rings (SSSR count). The smallest absolute Gasteiger partial charge is 0.216 e. The summed E-state index contributed by atoms with van der Waals surface area (Å²) < 4.78 is 0. The highest BCUT2D eigenvalue weighted by atomic mass is 35.5. The molecule has 114 valence electrons. The molecule has 1 aliphatic heterocycles. The zero-order valence-electron chi connectivity index (χ0n) is 12.6. The van der Waals surface area contributed by atoms with E-state index < -0.39 is 0 Å². The van der Waals surface area contributed by atoms with Gasteiger partial charge in [-0.05, 0) is 41.8 Å². The number of benzene rings is 2. The molecule has 4 nitrogen and oxygen atoms in total. The van der Waals surface area contributed by atoms with Crippen LogP contribution in [0.15, 0.2) is 48.5 Å². The molecular weight excluding hydrogens is 298 g/mol. The lowest BCUT2D eigenvalue weighted by Gasteiger charge is -2.24. The van der Waals surface area contributed by atoms with Crippen LogP contribution in [0.5, 0.6) is 0 Å². The molecule has 0 saturated carbocycles. The summed E-state index contributed by atoms with van der Waals surface area (Å²) in [6.07, 6.45) is 0. The van der Waals surface area contributed by atoms with Gasteiger partial charge in [0, 0.05) is 5.02 Å². The van der Waals surface area contributed by atoms with Gasteiger partial charge in [0.2, 0.25) is 5.96 Å². The summed E-state index contributed by atoms with van der Waals surface area (Å²) in [4.78, 5) is 5.20. The third kappa shape index (κ3) is 2.67. The number of nitrogens with zero attached hydrogens (tertiary/aromatic N) is 1. The van der Waals surface area contributed by atoms with E-state index in [-0.39, 0.29) is 11.5 Å². The van der Waals surface area contributed by atoms with Crippen LogP contribution < -0.4 is 5.32 Å². The van der Waals surface area contributed by atoms with E-state index in [2.05, 4.69) is 30.4 Å². The summed E-state index contributed by atoms with van der Waals surface area (Å²) in [5.41, 5.74) is 2.93. The van der Waals surface area contributed by atoms with Crippen molar-refractivity contribution in [3.05, 3.63) is 59.1 Å². The van der Waals surface area contributed by atoms with Gasteiger partial charge in [0.05, 0.1) is 19.2 Å². The summed E-state index contributed by atoms with van der Waals surface area (Å²) in [5.74, 6) is 0.276. The number of hydrogen-bond acceptors (Lipinski definition) is 2. The van der Waals surface area contributed by atoms with Gasteiger partial charge in [0.1, 0.15) is 0 Å². The molecule has 0 amide bonds. The van der Waals surface area contributed by atoms with Crippen LogP contribution in [0.1, 0.15) is 12.5 Å². The van der Waals surface area contributed by atoms with Crippen LogP contribution in [-0.2, 0) is 10.4 Å². The maximum absolute atomic E-state index is 7.93. The first-order valence-corrected chi connectivity index (χ1v) is 7.44. The van der Waals surface area contributed by atoms with Crippen LogP contribution in [0.4, 0.5) is 0 Å². The van der Waals surface area contributed by atoms with Crippen molar-refractivity contribution in [3.63, 3.8) is 0 Å². The van der Waals surface area contributed by atoms with Crippen LogP contribution >= 0.6 is 11.6 Å². The highest BCUT2D eigenvalue weighted by Crippen LogP contribution is 2.31. The molecule has 22 heavy (non-hydrogen) atoms. The highest BCUT2D eigenvalue weighted by molar-refractivity contribution is 6.30. The van der Waals surface area contributed by atoms with Gasteiger partial charge in [-0.1, -0.05) is 41.9 Å². The molecule has 0 radical (unpaired) electrons. The van der Waals surface area contributed by atoms with Gasteiger partial charge in [-0.15, -0.1) is 0 Å². The molecule has 0 aromatic heterocycles.